The maximum absolute atomic E-state index is 12.7. The van der Waals surface area contributed by atoms with Gasteiger partial charge in [-0.15, -0.1) is 0 Å². The summed E-state index contributed by atoms with van der Waals surface area (Å²) in [6.45, 7) is 3.56. The van der Waals surface area contributed by atoms with Crippen molar-refractivity contribution >= 4 is 17.4 Å². The number of aromatic nitrogens is 2. The van der Waals surface area contributed by atoms with E-state index in [0.29, 0.717) is 19.0 Å². The lowest BCUT2D eigenvalue weighted by molar-refractivity contribution is -0.141. The van der Waals surface area contributed by atoms with E-state index in [1.165, 1.54) is 0 Å². The van der Waals surface area contributed by atoms with Crippen LogP contribution in [0.4, 0.5) is 19.0 Å². The largest absolute Gasteiger partial charge is 0.433 e. The summed E-state index contributed by atoms with van der Waals surface area (Å²) in [4.78, 5) is 9.07. The minimum absolute atomic E-state index is 0.272. The third-order valence-corrected chi connectivity index (χ3v) is 3.89. The molecule has 1 aromatic rings. The highest BCUT2D eigenvalue weighted by Crippen LogP contribution is 2.31. The molecule has 0 aliphatic carbocycles. The Labute approximate surface area is 121 Å². The lowest BCUT2D eigenvalue weighted by Gasteiger charge is -2.22. The first kappa shape index (κ1) is 15.4. The van der Waals surface area contributed by atoms with Gasteiger partial charge in [-0.05, 0) is 36.8 Å². The van der Waals surface area contributed by atoms with E-state index in [4.69, 9.17) is 11.6 Å². The highest BCUT2D eigenvalue weighted by Gasteiger charge is 2.34. The average molecular weight is 308 g/mol. The molecule has 1 aromatic heterocycles. The maximum Gasteiger partial charge on any atom is 0.433 e. The molecule has 0 spiro atoms. The molecule has 1 unspecified atom stereocenters. The van der Waals surface area contributed by atoms with Crippen LogP contribution in [-0.4, -0.2) is 23.1 Å². The summed E-state index contributed by atoms with van der Waals surface area (Å²) in [5.41, 5.74) is -0.983. The van der Waals surface area contributed by atoms with E-state index in [-0.39, 0.29) is 11.1 Å². The van der Waals surface area contributed by atoms with Gasteiger partial charge in [0.05, 0.1) is 0 Å². The van der Waals surface area contributed by atoms with Gasteiger partial charge >= 0.3 is 6.18 Å². The molecule has 0 radical (unpaired) electrons. The predicted octanol–water partition coefficient (Wildman–Crippen LogP) is 4.17. The molecule has 3 nitrogen and oxygen atoms in total. The Morgan fingerprint density at radius 1 is 1.30 bits per heavy atom. The standard InChI is InChI=1S/C13H17ClF3N3/c1-2-9-4-3-6-20(7-5-9)11-8-10(13(15,16)17)18-12(14)19-11/h8-9H,2-7H2,1H3. The van der Waals surface area contributed by atoms with Crippen LogP contribution in [-0.2, 0) is 6.18 Å². The van der Waals surface area contributed by atoms with E-state index in [9.17, 15) is 13.2 Å². The maximum atomic E-state index is 12.7. The van der Waals surface area contributed by atoms with Crippen LogP contribution in [0.5, 0.6) is 0 Å². The van der Waals surface area contributed by atoms with E-state index < -0.39 is 11.9 Å². The molecular weight excluding hydrogens is 291 g/mol. The van der Waals surface area contributed by atoms with Gasteiger partial charge < -0.3 is 4.90 Å². The molecule has 1 aliphatic rings. The van der Waals surface area contributed by atoms with E-state index in [2.05, 4.69) is 16.9 Å². The highest BCUT2D eigenvalue weighted by molar-refractivity contribution is 6.28. The fourth-order valence-electron chi connectivity index (χ4n) is 2.52. The van der Waals surface area contributed by atoms with Gasteiger partial charge in [0.25, 0.3) is 0 Å². The normalized spacial score (nSPS) is 20.9. The molecule has 1 saturated heterocycles. The first-order valence-corrected chi connectivity index (χ1v) is 7.14. The lowest BCUT2D eigenvalue weighted by atomic mass is 9.98. The Bertz CT molecular complexity index is 465. The molecule has 2 rings (SSSR count). The van der Waals surface area contributed by atoms with Gasteiger partial charge in [-0.3, -0.25) is 0 Å². The number of nitrogens with zero attached hydrogens (tertiary/aromatic N) is 3. The van der Waals surface area contributed by atoms with Crippen LogP contribution < -0.4 is 4.90 Å². The number of alkyl halides is 3. The molecule has 0 amide bonds. The number of rotatable bonds is 2. The van der Waals surface area contributed by atoms with Crippen molar-refractivity contribution in [1.82, 2.24) is 9.97 Å². The van der Waals surface area contributed by atoms with E-state index in [1.807, 2.05) is 4.90 Å². The van der Waals surface area contributed by atoms with Gasteiger partial charge in [-0.2, -0.15) is 13.2 Å². The van der Waals surface area contributed by atoms with Gasteiger partial charge in [-0.1, -0.05) is 13.3 Å². The molecule has 0 N–H and O–H groups in total. The molecule has 1 fully saturated rings. The fourth-order valence-corrected chi connectivity index (χ4v) is 2.69. The smallest absolute Gasteiger partial charge is 0.356 e. The highest BCUT2D eigenvalue weighted by atomic mass is 35.5. The van der Waals surface area contributed by atoms with Crippen LogP contribution in [0, 0.1) is 5.92 Å². The lowest BCUT2D eigenvalue weighted by Crippen LogP contribution is -2.26. The van der Waals surface area contributed by atoms with E-state index in [0.717, 1.165) is 31.7 Å². The zero-order valence-corrected chi connectivity index (χ0v) is 12.0. The number of anilines is 1. The molecule has 20 heavy (non-hydrogen) atoms. The predicted molar refractivity (Wildman–Crippen MR) is 71.9 cm³/mol. The zero-order valence-electron chi connectivity index (χ0n) is 11.3. The van der Waals surface area contributed by atoms with Gasteiger partial charge in [0.2, 0.25) is 5.28 Å². The quantitative estimate of drug-likeness (QED) is 0.768. The minimum atomic E-state index is -4.50. The van der Waals surface area contributed by atoms with Crippen molar-refractivity contribution in [3.05, 3.63) is 17.0 Å². The summed E-state index contributed by atoms with van der Waals surface area (Å²) in [5.74, 6) is 0.911. The average Bonchev–Trinajstić information content (AvgIpc) is 2.62. The van der Waals surface area contributed by atoms with Crippen molar-refractivity contribution in [1.29, 1.82) is 0 Å². The second-order valence-electron chi connectivity index (χ2n) is 5.07. The van der Waals surface area contributed by atoms with Crippen molar-refractivity contribution in [2.75, 3.05) is 18.0 Å². The Morgan fingerprint density at radius 3 is 2.70 bits per heavy atom. The van der Waals surface area contributed by atoms with Crippen LogP contribution in [0.3, 0.4) is 0 Å². The molecule has 2 heterocycles. The first-order chi connectivity index (χ1) is 9.40. The molecular formula is C13H17ClF3N3. The first-order valence-electron chi connectivity index (χ1n) is 6.77. The van der Waals surface area contributed by atoms with Crippen molar-refractivity contribution in [2.24, 2.45) is 5.92 Å². The van der Waals surface area contributed by atoms with E-state index in [1.54, 1.807) is 0 Å². The Balaban J connectivity index is 2.22. The summed E-state index contributed by atoms with van der Waals surface area (Å²) in [5, 5.41) is -0.355. The summed E-state index contributed by atoms with van der Waals surface area (Å²) in [6, 6.07) is 0.984. The summed E-state index contributed by atoms with van der Waals surface area (Å²) < 4.78 is 38.2. The number of hydrogen-bond donors (Lipinski definition) is 0. The van der Waals surface area contributed by atoms with Gasteiger partial charge in [0.15, 0.2) is 5.69 Å². The topological polar surface area (TPSA) is 29.0 Å². The van der Waals surface area contributed by atoms with Crippen LogP contribution in [0.2, 0.25) is 5.28 Å². The molecule has 1 aliphatic heterocycles. The third kappa shape index (κ3) is 3.75. The second kappa shape index (κ2) is 6.16. The van der Waals surface area contributed by atoms with Gasteiger partial charge in [0, 0.05) is 19.2 Å². The summed E-state index contributed by atoms with van der Waals surface area (Å²) >= 11 is 5.62. The van der Waals surface area contributed by atoms with Crippen molar-refractivity contribution in [3.63, 3.8) is 0 Å². The fraction of sp³-hybridized carbons (Fsp3) is 0.692. The molecule has 1 atom stereocenters. The van der Waals surface area contributed by atoms with Crippen molar-refractivity contribution in [2.45, 2.75) is 38.8 Å². The van der Waals surface area contributed by atoms with Crippen LogP contribution in [0.1, 0.15) is 38.3 Å². The second-order valence-corrected chi connectivity index (χ2v) is 5.41. The molecule has 0 bridgehead atoms. The van der Waals surface area contributed by atoms with Crippen molar-refractivity contribution < 1.29 is 13.2 Å². The van der Waals surface area contributed by atoms with Crippen LogP contribution >= 0.6 is 11.6 Å². The molecule has 0 saturated carbocycles. The monoisotopic (exact) mass is 307 g/mol. The zero-order chi connectivity index (χ0) is 14.8. The summed E-state index contributed by atoms with van der Waals surface area (Å²) in [7, 11) is 0. The number of hydrogen-bond acceptors (Lipinski definition) is 3. The summed E-state index contributed by atoms with van der Waals surface area (Å²) in [6.07, 6.45) is -0.357. The minimum Gasteiger partial charge on any atom is -0.356 e. The Kier molecular flexibility index (Phi) is 4.73. The van der Waals surface area contributed by atoms with E-state index >= 15 is 0 Å². The Morgan fingerprint density at radius 2 is 2.05 bits per heavy atom. The third-order valence-electron chi connectivity index (χ3n) is 3.72. The Hall–Kier alpha value is -1.04. The van der Waals surface area contributed by atoms with Gasteiger partial charge in [0.1, 0.15) is 5.82 Å². The van der Waals surface area contributed by atoms with Crippen LogP contribution in [0.15, 0.2) is 6.07 Å². The molecule has 112 valence electrons. The van der Waals surface area contributed by atoms with Gasteiger partial charge in [-0.25, -0.2) is 9.97 Å². The molecule has 0 aromatic carbocycles. The van der Waals surface area contributed by atoms with Crippen molar-refractivity contribution in [3.8, 4) is 0 Å². The molecule has 7 heteroatoms. The van der Waals surface area contributed by atoms with Crippen LogP contribution in [0.25, 0.3) is 0 Å². The number of halogens is 4. The SMILES string of the molecule is CCC1CCCN(c2cc(C(F)(F)F)nc(Cl)n2)CC1.